The molecule has 0 heterocycles. The molecule has 0 aliphatic carbocycles. The Balaban J connectivity index is 2.30. The van der Waals surface area contributed by atoms with Crippen molar-refractivity contribution >= 4 is 27.5 Å². The fourth-order valence-electron chi connectivity index (χ4n) is 1.83. The summed E-state index contributed by atoms with van der Waals surface area (Å²) in [6, 6.07) is 14.3. The molecule has 0 amide bonds. The van der Waals surface area contributed by atoms with Gasteiger partial charge in [0, 0.05) is 10.1 Å². The number of nitrogens with one attached hydrogen (secondary N) is 1. The number of anilines is 1. The van der Waals surface area contributed by atoms with Gasteiger partial charge in [-0.15, -0.1) is 11.8 Å². The molecule has 5 heteroatoms. The van der Waals surface area contributed by atoms with Crippen LogP contribution in [0.3, 0.4) is 0 Å². The monoisotopic (exact) mass is 321 g/mol. The normalized spacial score (nSPS) is 11.6. The van der Waals surface area contributed by atoms with Gasteiger partial charge in [-0.25, -0.2) is 8.42 Å². The van der Waals surface area contributed by atoms with Gasteiger partial charge < -0.3 is 0 Å². The highest BCUT2D eigenvalue weighted by atomic mass is 32.2. The predicted octanol–water partition coefficient (Wildman–Crippen LogP) is 4.30. The minimum atomic E-state index is -3.55. The Bertz CT molecular complexity index is 707. The molecule has 1 N–H and O–H groups in total. The highest BCUT2D eigenvalue weighted by Crippen LogP contribution is 2.31. The van der Waals surface area contributed by atoms with E-state index in [0.717, 1.165) is 10.5 Å². The van der Waals surface area contributed by atoms with Crippen LogP contribution in [-0.4, -0.2) is 13.7 Å². The third-order valence-electron chi connectivity index (χ3n) is 2.83. The quantitative estimate of drug-likeness (QED) is 0.835. The Hall–Kier alpha value is -1.46. The SMILES string of the molecule is Cc1ccc(S(=O)(=O)Nc2ccccc2SC(C)C)cc1. The minimum absolute atomic E-state index is 0.275. The van der Waals surface area contributed by atoms with E-state index in [-0.39, 0.29) is 4.90 Å². The summed E-state index contributed by atoms with van der Waals surface area (Å²) in [5.74, 6) is 0. The van der Waals surface area contributed by atoms with Crippen molar-refractivity contribution in [3.8, 4) is 0 Å². The van der Waals surface area contributed by atoms with Gasteiger partial charge in [0.25, 0.3) is 10.0 Å². The van der Waals surface area contributed by atoms with Gasteiger partial charge in [-0.05, 0) is 31.2 Å². The summed E-state index contributed by atoms with van der Waals surface area (Å²) in [4.78, 5) is 1.21. The van der Waals surface area contributed by atoms with E-state index in [2.05, 4.69) is 18.6 Å². The van der Waals surface area contributed by atoms with Crippen molar-refractivity contribution in [2.75, 3.05) is 4.72 Å². The topological polar surface area (TPSA) is 46.2 Å². The van der Waals surface area contributed by atoms with Crippen molar-refractivity contribution in [2.24, 2.45) is 0 Å². The zero-order chi connectivity index (χ0) is 15.5. The lowest BCUT2D eigenvalue weighted by atomic mass is 10.2. The Morgan fingerprint density at radius 3 is 2.24 bits per heavy atom. The molecule has 0 aliphatic heterocycles. The second-order valence-corrected chi connectivity index (χ2v) is 8.38. The Labute approximate surface area is 130 Å². The van der Waals surface area contributed by atoms with E-state index < -0.39 is 10.0 Å². The number of aryl methyl sites for hydroxylation is 1. The summed E-state index contributed by atoms with van der Waals surface area (Å²) in [6.45, 7) is 6.09. The second-order valence-electron chi connectivity index (χ2n) is 5.08. The number of thioether (sulfide) groups is 1. The number of sulfonamides is 1. The van der Waals surface area contributed by atoms with Crippen molar-refractivity contribution in [2.45, 2.75) is 35.8 Å². The van der Waals surface area contributed by atoms with Crippen molar-refractivity contribution in [3.05, 3.63) is 54.1 Å². The Morgan fingerprint density at radius 2 is 1.62 bits per heavy atom. The third kappa shape index (κ3) is 4.25. The molecule has 2 aromatic rings. The van der Waals surface area contributed by atoms with Crippen LogP contribution in [0, 0.1) is 6.92 Å². The van der Waals surface area contributed by atoms with Crippen LogP contribution < -0.4 is 4.72 Å². The fourth-order valence-corrected chi connectivity index (χ4v) is 3.88. The smallest absolute Gasteiger partial charge is 0.261 e. The molecule has 0 atom stereocenters. The van der Waals surface area contributed by atoms with Gasteiger partial charge in [-0.2, -0.15) is 0 Å². The molecule has 21 heavy (non-hydrogen) atoms. The average Bonchev–Trinajstić information content (AvgIpc) is 2.40. The van der Waals surface area contributed by atoms with Gasteiger partial charge in [0.1, 0.15) is 0 Å². The zero-order valence-corrected chi connectivity index (χ0v) is 14.0. The summed E-state index contributed by atoms with van der Waals surface area (Å²) in [5.41, 5.74) is 1.65. The van der Waals surface area contributed by atoms with E-state index in [9.17, 15) is 8.42 Å². The summed E-state index contributed by atoms with van der Waals surface area (Å²) in [6.07, 6.45) is 0. The van der Waals surface area contributed by atoms with Crippen molar-refractivity contribution < 1.29 is 8.42 Å². The molecule has 2 rings (SSSR count). The predicted molar refractivity (Wildman–Crippen MR) is 89.4 cm³/mol. The van der Waals surface area contributed by atoms with E-state index in [1.54, 1.807) is 42.1 Å². The lowest BCUT2D eigenvalue weighted by molar-refractivity contribution is 0.601. The first-order valence-corrected chi connectivity index (χ1v) is 9.10. The second kappa shape index (κ2) is 6.54. The molecular formula is C16H19NO2S2. The van der Waals surface area contributed by atoms with Gasteiger partial charge in [0.05, 0.1) is 10.6 Å². The molecule has 0 saturated heterocycles. The number of rotatable bonds is 5. The molecule has 112 valence electrons. The molecule has 2 aromatic carbocycles. The van der Waals surface area contributed by atoms with Crippen LogP contribution >= 0.6 is 11.8 Å². The molecular weight excluding hydrogens is 302 g/mol. The molecule has 0 aromatic heterocycles. The summed E-state index contributed by atoms with van der Waals surface area (Å²) < 4.78 is 27.5. The molecule has 0 spiro atoms. The van der Waals surface area contributed by atoms with Crippen LogP contribution in [-0.2, 0) is 10.0 Å². The fraction of sp³-hybridized carbons (Fsp3) is 0.250. The highest BCUT2D eigenvalue weighted by molar-refractivity contribution is 8.00. The zero-order valence-electron chi connectivity index (χ0n) is 12.3. The lowest BCUT2D eigenvalue weighted by Crippen LogP contribution is -2.13. The van der Waals surface area contributed by atoms with Crippen LogP contribution in [0.1, 0.15) is 19.4 Å². The summed E-state index contributed by atoms with van der Waals surface area (Å²) >= 11 is 1.64. The lowest BCUT2D eigenvalue weighted by Gasteiger charge is -2.13. The maximum Gasteiger partial charge on any atom is 0.261 e. The number of para-hydroxylation sites is 1. The molecule has 0 unspecified atom stereocenters. The van der Waals surface area contributed by atoms with E-state index in [4.69, 9.17) is 0 Å². The van der Waals surface area contributed by atoms with Gasteiger partial charge in [0.2, 0.25) is 0 Å². The van der Waals surface area contributed by atoms with E-state index in [1.165, 1.54) is 0 Å². The third-order valence-corrected chi connectivity index (χ3v) is 5.29. The van der Waals surface area contributed by atoms with Gasteiger partial charge in [0.15, 0.2) is 0 Å². The summed E-state index contributed by atoms with van der Waals surface area (Å²) in [7, 11) is -3.55. The number of hydrogen-bond donors (Lipinski definition) is 1. The largest absolute Gasteiger partial charge is 0.278 e. The van der Waals surface area contributed by atoms with Crippen molar-refractivity contribution in [1.29, 1.82) is 0 Å². The number of hydrogen-bond acceptors (Lipinski definition) is 3. The van der Waals surface area contributed by atoms with Gasteiger partial charge in [-0.3, -0.25) is 4.72 Å². The minimum Gasteiger partial charge on any atom is -0.278 e. The average molecular weight is 321 g/mol. The first-order chi connectivity index (χ1) is 9.88. The standard InChI is InChI=1S/C16H19NO2S2/c1-12(2)20-16-7-5-4-6-15(16)17-21(18,19)14-10-8-13(3)9-11-14/h4-12,17H,1-3H3. The van der Waals surface area contributed by atoms with Crippen LogP contribution in [0.2, 0.25) is 0 Å². The van der Waals surface area contributed by atoms with E-state index in [1.807, 2.05) is 25.1 Å². The molecule has 0 bridgehead atoms. The van der Waals surface area contributed by atoms with Gasteiger partial charge >= 0.3 is 0 Å². The highest BCUT2D eigenvalue weighted by Gasteiger charge is 2.16. The van der Waals surface area contributed by atoms with Crippen LogP contribution in [0.25, 0.3) is 0 Å². The maximum atomic E-state index is 12.4. The molecule has 0 fully saturated rings. The van der Waals surface area contributed by atoms with Crippen molar-refractivity contribution in [1.82, 2.24) is 0 Å². The van der Waals surface area contributed by atoms with Crippen LogP contribution in [0.4, 0.5) is 5.69 Å². The molecule has 3 nitrogen and oxygen atoms in total. The molecule has 0 saturated carbocycles. The maximum absolute atomic E-state index is 12.4. The number of benzene rings is 2. The molecule has 0 aliphatic rings. The first-order valence-electron chi connectivity index (χ1n) is 6.73. The van der Waals surface area contributed by atoms with Crippen molar-refractivity contribution in [3.63, 3.8) is 0 Å². The summed E-state index contributed by atoms with van der Waals surface area (Å²) in [5, 5.41) is 0.384. The Kier molecular flexibility index (Phi) is 4.96. The van der Waals surface area contributed by atoms with E-state index >= 15 is 0 Å². The van der Waals surface area contributed by atoms with Gasteiger partial charge in [-0.1, -0.05) is 43.7 Å². The Morgan fingerprint density at radius 1 is 1.00 bits per heavy atom. The first kappa shape index (κ1) is 15.9. The van der Waals surface area contributed by atoms with Crippen LogP contribution in [0.5, 0.6) is 0 Å². The van der Waals surface area contributed by atoms with E-state index in [0.29, 0.717) is 10.9 Å². The molecule has 0 radical (unpaired) electrons. The van der Waals surface area contributed by atoms with Crippen LogP contribution in [0.15, 0.2) is 58.3 Å².